The number of benzene rings is 1. The number of ether oxygens (including phenoxy) is 1. The van der Waals surface area contributed by atoms with Crippen LogP contribution in [-0.4, -0.2) is 13.0 Å². The van der Waals surface area contributed by atoms with Crippen molar-refractivity contribution in [3.05, 3.63) is 46.0 Å². The average molecular weight is 247 g/mol. The summed E-state index contributed by atoms with van der Waals surface area (Å²) in [5.41, 5.74) is 3.42. The predicted octanol–water partition coefficient (Wildman–Crippen LogP) is 0.914. The fourth-order valence-corrected chi connectivity index (χ4v) is 1.92. The quantitative estimate of drug-likeness (QED) is 0.453. The Balaban J connectivity index is 3.28. The molecular weight excluding hydrogens is 230 g/mol. The molecular formula is C14H17NO3-2. The van der Waals surface area contributed by atoms with E-state index >= 15 is 0 Å². The molecule has 0 aliphatic heterocycles. The fraction of sp³-hybridized carbons (Fsp3) is 0.357. The summed E-state index contributed by atoms with van der Waals surface area (Å²) in [4.78, 5) is 3.77. The molecule has 0 bridgehead atoms. The summed E-state index contributed by atoms with van der Waals surface area (Å²) in [5.74, 6) is -1.00. The number of nitrogens with zero attached hydrogens (tertiary/aromatic N) is 1. The van der Waals surface area contributed by atoms with Crippen LogP contribution in [-0.2, 0) is 4.74 Å². The van der Waals surface area contributed by atoms with Crippen LogP contribution in [0.5, 0.6) is 0 Å². The second kappa shape index (κ2) is 5.58. The van der Waals surface area contributed by atoms with Crippen LogP contribution in [0.3, 0.4) is 0 Å². The van der Waals surface area contributed by atoms with Crippen molar-refractivity contribution in [3.63, 3.8) is 0 Å². The van der Waals surface area contributed by atoms with Crippen molar-refractivity contribution < 1.29 is 14.9 Å². The fourth-order valence-electron chi connectivity index (χ4n) is 1.92. The summed E-state index contributed by atoms with van der Waals surface area (Å²) in [7, 11) is 1.26. The van der Waals surface area contributed by atoms with Gasteiger partial charge in [-0.3, -0.25) is 4.99 Å². The van der Waals surface area contributed by atoms with Gasteiger partial charge in [-0.15, -0.1) is 0 Å². The molecule has 4 nitrogen and oxygen atoms in total. The van der Waals surface area contributed by atoms with E-state index in [1.165, 1.54) is 14.0 Å². The number of methoxy groups -OCH3 is 1. The van der Waals surface area contributed by atoms with E-state index in [0.29, 0.717) is 5.56 Å². The highest BCUT2D eigenvalue weighted by Crippen LogP contribution is 2.16. The van der Waals surface area contributed by atoms with Crippen molar-refractivity contribution in [1.29, 1.82) is 0 Å². The van der Waals surface area contributed by atoms with E-state index in [2.05, 4.69) is 9.73 Å². The van der Waals surface area contributed by atoms with Crippen molar-refractivity contribution in [2.75, 3.05) is 7.11 Å². The first-order chi connectivity index (χ1) is 8.36. The number of hydrogen-bond donors (Lipinski definition) is 0. The summed E-state index contributed by atoms with van der Waals surface area (Å²) in [6.45, 7) is 7.15. The van der Waals surface area contributed by atoms with Gasteiger partial charge in [-0.2, -0.15) is 0 Å². The van der Waals surface area contributed by atoms with Gasteiger partial charge < -0.3 is 14.9 Å². The summed E-state index contributed by atoms with van der Waals surface area (Å²) in [6, 6.07) is 3.84. The zero-order chi connectivity index (χ0) is 13.9. The molecule has 0 N–H and O–H groups in total. The largest absolute Gasteiger partial charge is 0.858 e. The molecule has 0 aliphatic rings. The molecule has 0 radical (unpaired) electrons. The molecule has 4 heteroatoms. The minimum absolute atomic E-state index is 0.0573. The average Bonchev–Trinajstić information content (AvgIpc) is 2.26. The Labute approximate surface area is 107 Å². The van der Waals surface area contributed by atoms with Crippen molar-refractivity contribution in [2.24, 2.45) is 4.99 Å². The molecule has 1 aromatic rings. The standard InChI is InChI=1S/C14H19NO3/c1-8-6-9(2)12(10(3)7-8)13(16)15-11(4)14(17)18-5/h6-7,17H,1-5H3,(H,15,16)/p-2. The van der Waals surface area contributed by atoms with Gasteiger partial charge in [0.15, 0.2) is 0 Å². The number of aliphatic imine (C=N–C) groups is 1. The molecule has 0 spiro atoms. The van der Waals surface area contributed by atoms with Crippen LogP contribution in [0.25, 0.3) is 0 Å². The third-order valence-corrected chi connectivity index (χ3v) is 2.64. The Morgan fingerprint density at radius 2 is 1.61 bits per heavy atom. The van der Waals surface area contributed by atoms with E-state index in [-0.39, 0.29) is 5.70 Å². The van der Waals surface area contributed by atoms with E-state index in [1.54, 1.807) is 0 Å². The van der Waals surface area contributed by atoms with Gasteiger partial charge >= 0.3 is 0 Å². The minimum atomic E-state index is -0.592. The maximum atomic E-state index is 12.0. The zero-order valence-corrected chi connectivity index (χ0v) is 11.3. The Bertz CT molecular complexity index is 493. The van der Waals surface area contributed by atoms with Gasteiger partial charge in [-0.25, -0.2) is 0 Å². The second-order valence-electron chi connectivity index (χ2n) is 4.27. The zero-order valence-electron chi connectivity index (χ0n) is 11.3. The Morgan fingerprint density at radius 1 is 1.11 bits per heavy atom. The highest BCUT2D eigenvalue weighted by molar-refractivity contribution is 5.94. The third kappa shape index (κ3) is 3.03. The lowest BCUT2D eigenvalue weighted by molar-refractivity contribution is -0.355. The second-order valence-corrected chi connectivity index (χ2v) is 4.27. The van der Waals surface area contributed by atoms with Crippen LogP contribution in [0.1, 0.15) is 29.2 Å². The van der Waals surface area contributed by atoms with Gasteiger partial charge in [0.25, 0.3) is 0 Å². The van der Waals surface area contributed by atoms with Gasteiger partial charge in [-0.05, 0) is 57.4 Å². The molecule has 98 valence electrons. The molecule has 1 aromatic carbocycles. The molecule has 1 rings (SSSR count). The summed E-state index contributed by atoms with van der Waals surface area (Å²) < 4.78 is 4.51. The SMILES string of the molecule is COC([O-])=C(C)N=C([O-])c1c(C)cc(C)cc1C. The molecule has 0 aromatic heterocycles. The number of hydrogen-bond acceptors (Lipinski definition) is 4. The van der Waals surface area contributed by atoms with Crippen molar-refractivity contribution in [3.8, 4) is 0 Å². The lowest BCUT2D eigenvalue weighted by Crippen LogP contribution is -2.22. The number of aryl methyl sites for hydroxylation is 3. The van der Waals surface area contributed by atoms with E-state index in [9.17, 15) is 10.2 Å². The van der Waals surface area contributed by atoms with Crippen molar-refractivity contribution in [2.45, 2.75) is 27.7 Å². The first-order valence-electron chi connectivity index (χ1n) is 5.62. The highest BCUT2D eigenvalue weighted by Gasteiger charge is 2.04. The Kier molecular flexibility index (Phi) is 4.37. The van der Waals surface area contributed by atoms with E-state index in [4.69, 9.17) is 0 Å². The topological polar surface area (TPSA) is 67.7 Å². The van der Waals surface area contributed by atoms with Crippen LogP contribution in [0.2, 0.25) is 0 Å². The molecule has 0 saturated carbocycles. The minimum Gasteiger partial charge on any atom is -0.858 e. The van der Waals surface area contributed by atoms with Crippen LogP contribution >= 0.6 is 0 Å². The first-order valence-corrected chi connectivity index (χ1v) is 5.62. The van der Waals surface area contributed by atoms with Gasteiger partial charge in [0.2, 0.25) is 0 Å². The van der Waals surface area contributed by atoms with Crippen LogP contribution < -0.4 is 10.2 Å². The lowest BCUT2D eigenvalue weighted by atomic mass is 10.00. The molecule has 0 heterocycles. The molecule has 0 unspecified atom stereocenters. The Morgan fingerprint density at radius 3 is 2.06 bits per heavy atom. The molecule has 0 saturated heterocycles. The van der Waals surface area contributed by atoms with Gasteiger partial charge in [-0.1, -0.05) is 17.7 Å². The van der Waals surface area contributed by atoms with Gasteiger partial charge in [0, 0.05) is 0 Å². The predicted molar refractivity (Wildman–Crippen MR) is 66.9 cm³/mol. The Hall–Kier alpha value is -1.97. The molecule has 0 fully saturated rings. The maximum absolute atomic E-state index is 12.0. The molecule has 0 atom stereocenters. The normalized spacial score (nSPS) is 13.3. The van der Waals surface area contributed by atoms with Crippen LogP contribution in [0.4, 0.5) is 0 Å². The van der Waals surface area contributed by atoms with Crippen LogP contribution in [0, 0.1) is 20.8 Å². The maximum Gasteiger partial charge on any atom is 0.0728 e. The lowest BCUT2D eigenvalue weighted by Gasteiger charge is -2.19. The van der Waals surface area contributed by atoms with Gasteiger partial charge in [0.1, 0.15) is 0 Å². The molecule has 0 amide bonds. The molecule has 18 heavy (non-hydrogen) atoms. The van der Waals surface area contributed by atoms with Gasteiger partial charge in [0.05, 0.1) is 11.6 Å². The number of allylic oxidation sites excluding steroid dienone is 1. The summed E-state index contributed by atoms with van der Waals surface area (Å²) >= 11 is 0. The smallest absolute Gasteiger partial charge is 0.0728 e. The van der Waals surface area contributed by atoms with E-state index < -0.39 is 11.8 Å². The number of rotatable bonds is 3. The van der Waals surface area contributed by atoms with Crippen LogP contribution in [0.15, 0.2) is 28.8 Å². The third-order valence-electron chi connectivity index (χ3n) is 2.64. The van der Waals surface area contributed by atoms with Crippen molar-refractivity contribution in [1.82, 2.24) is 0 Å². The van der Waals surface area contributed by atoms with Crippen molar-refractivity contribution >= 4 is 5.90 Å². The monoisotopic (exact) mass is 247 g/mol. The highest BCUT2D eigenvalue weighted by atomic mass is 16.6. The summed E-state index contributed by atoms with van der Waals surface area (Å²) in [5, 5.41) is 23.2. The van der Waals surface area contributed by atoms with E-state index in [0.717, 1.165) is 16.7 Å². The first kappa shape index (κ1) is 14.1. The molecule has 0 aliphatic carbocycles. The van der Waals surface area contributed by atoms with E-state index in [1.807, 2.05) is 32.9 Å². The summed E-state index contributed by atoms with van der Waals surface area (Å²) in [6.07, 6.45) is 0.